The van der Waals surface area contributed by atoms with Crippen molar-refractivity contribution in [1.29, 1.82) is 5.26 Å². The number of benzene rings is 1. The van der Waals surface area contributed by atoms with Crippen LogP contribution in [0.15, 0.2) is 35.4 Å². The smallest absolute Gasteiger partial charge is 0.399 e. The summed E-state index contributed by atoms with van der Waals surface area (Å²) in [5.41, 5.74) is 6.49. The highest BCUT2D eigenvalue weighted by Crippen LogP contribution is 2.50. The molecule has 2 aliphatic carbocycles. The molecule has 4 rings (SSSR count). The first-order valence-corrected chi connectivity index (χ1v) is 9.41. The fraction of sp³-hybridized carbons (Fsp3) is 0.500. The average Bonchev–Trinajstić information content (AvgIpc) is 2.94. The highest BCUT2D eigenvalue weighted by atomic mass is 16.7. The van der Waals surface area contributed by atoms with Gasteiger partial charge in [-0.05, 0) is 74.3 Å². The number of nitriles is 1. The predicted molar refractivity (Wildman–Crippen MR) is 105 cm³/mol. The van der Waals surface area contributed by atoms with Crippen LogP contribution in [0, 0.1) is 11.3 Å². The van der Waals surface area contributed by atoms with Crippen LogP contribution in [-0.2, 0) is 14.7 Å². The van der Waals surface area contributed by atoms with Gasteiger partial charge in [0.05, 0.1) is 17.3 Å². The molecular weight excluding hydrogens is 321 g/mol. The molecule has 0 saturated carbocycles. The van der Waals surface area contributed by atoms with Crippen molar-refractivity contribution in [2.45, 2.75) is 71.0 Å². The summed E-state index contributed by atoms with van der Waals surface area (Å²) in [6, 6.07) is 8.94. The van der Waals surface area contributed by atoms with Crippen molar-refractivity contribution in [2.75, 3.05) is 0 Å². The summed E-state index contributed by atoms with van der Waals surface area (Å²) < 4.78 is 12.5. The van der Waals surface area contributed by atoms with Crippen molar-refractivity contribution in [2.24, 2.45) is 0 Å². The summed E-state index contributed by atoms with van der Waals surface area (Å²) in [7, 11) is -0.344. The van der Waals surface area contributed by atoms with E-state index in [-0.39, 0.29) is 23.7 Å². The molecule has 4 heteroatoms. The average molecular weight is 347 g/mol. The number of allylic oxidation sites excluding steroid dienone is 4. The Labute approximate surface area is 156 Å². The molecule has 3 nitrogen and oxygen atoms in total. The molecule has 0 radical (unpaired) electrons. The predicted octanol–water partition coefficient (Wildman–Crippen LogP) is 4.27. The van der Waals surface area contributed by atoms with Gasteiger partial charge in [-0.1, -0.05) is 32.0 Å². The van der Waals surface area contributed by atoms with Crippen LogP contribution in [0.5, 0.6) is 0 Å². The lowest BCUT2D eigenvalue weighted by Crippen LogP contribution is -2.41. The van der Waals surface area contributed by atoms with E-state index in [1.165, 1.54) is 22.3 Å². The van der Waals surface area contributed by atoms with Crippen molar-refractivity contribution in [3.05, 3.63) is 46.5 Å². The second kappa shape index (κ2) is 5.34. The molecule has 26 heavy (non-hydrogen) atoms. The fourth-order valence-corrected chi connectivity index (χ4v) is 4.27. The molecule has 1 saturated heterocycles. The number of fused-ring (bicyclic) bond motifs is 2. The summed E-state index contributed by atoms with van der Waals surface area (Å²) in [4.78, 5) is 0. The van der Waals surface area contributed by atoms with Crippen LogP contribution in [0.2, 0.25) is 0 Å². The van der Waals surface area contributed by atoms with Gasteiger partial charge in [-0.15, -0.1) is 0 Å². The minimum atomic E-state index is -0.344. The monoisotopic (exact) mass is 347 g/mol. The summed E-state index contributed by atoms with van der Waals surface area (Å²) in [6.07, 6.45) is 3.89. The largest absolute Gasteiger partial charge is 0.494 e. The van der Waals surface area contributed by atoms with Crippen LogP contribution in [-0.4, -0.2) is 18.3 Å². The van der Waals surface area contributed by atoms with Gasteiger partial charge in [0.2, 0.25) is 0 Å². The quantitative estimate of drug-likeness (QED) is 0.713. The lowest BCUT2D eigenvalue weighted by Gasteiger charge is -2.32. The van der Waals surface area contributed by atoms with Crippen molar-refractivity contribution >= 4 is 18.2 Å². The third kappa shape index (κ3) is 2.34. The first-order valence-electron chi connectivity index (χ1n) is 9.41. The standard InChI is InChI=1S/C22H26BNO2/c1-20(2)18-11-14(13-24)7-9-16(18)17-10-8-15(12-19(17)20)23-25-21(3,4)22(5,6)26-23/h8,10-12H,7,9H2,1-6H3. The van der Waals surface area contributed by atoms with Crippen molar-refractivity contribution in [3.8, 4) is 6.07 Å². The Morgan fingerprint density at radius 2 is 1.65 bits per heavy atom. The van der Waals surface area contributed by atoms with E-state index in [9.17, 15) is 5.26 Å². The molecule has 134 valence electrons. The van der Waals surface area contributed by atoms with Crippen molar-refractivity contribution in [1.82, 2.24) is 0 Å². The van der Waals surface area contributed by atoms with E-state index in [1.54, 1.807) is 0 Å². The van der Waals surface area contributed by atoms with Crippen molar-refractivity contribution in [3.63, 3.8) is 0 Å². The molecule has 1 aliphatic heterocycles. The molecule has 0 N–H and O–H groups in total. The molecule has 0 amide bonds. The topological polar surface area (TPSA) is 42.2 Å². The number of hydrogen-bond acceptors (Lipinski definition) is 3. The maximum absolute atomic E-state index is 9.31. The summed E-state index contributed by atoms with van der Waals surface area (Å²) >= 11 is 0. The Bertz CT molecular complexity index is 883. The molecule has 1 fully saturated rings. The van der Waals surface area contributed by atoms with E-state index < -0.39 is 0 Å². The maximum atomic E-state index is 9.31. The first kappa shape index (κ1) is 17.6. The van der Waals surface area contributed by atoms with Gasteiger partial charge < -0.3 is 9.31 Å². The molecule has 0 unspecified atom stereocenters. The zero-order valence-electron chi connectivity index (χ0n) is 16.6. The van der Waals surface area contributed by atoms with E-state index in [4.69, 9.17) is 9.31 Å². The van der Waals surface area contributed by atoms with E-state index in [2.05, 4.69) is 71.9 Å². The molecule has 0 aromatic heterocycles. The molecule has 0 spiro atoms. The zero-order valence-corrected chi connectivity index (χ0v) is 16.6. The third-order valence-corrected chi connectivity index (χ3v) is 6.67. The van der Waals surface area contributed by atoms with E-state index >= 15 is 0 Å². The molecule has 1 heterocycles. The maximum Gasteiger partial charge on any atom is 0.494 e. The third-order valence-electron chi connectivity index (χ3n) is 6.67. The first-order chi connectivity index (χ1) is 12.1. The van der Waals surface area contributed by atoms with Crippen LogP contribution in [0.25, 0.3) is 5.57 Å². The summed E-state index contributed by atoms with van der Waals surface area (Å²) in [5, 5.41) is 9.31. The van der Waals surface area contributed by atoms with E-state index in [0.29, 0.717) is 0 Å². The Hall–Kier alpha value is -1.83. The molecule has 0 bridgehead atoms. The van der Waals surface area contributed by atoms with Gasteiger partial charge in [0.25, 0.3) is 0 Å². The second-order valence-corrected chi connectivity index (χ2v) is 9.19. The van der Waals surface area contributed by atoms with Crippen LogP contribution >= 0.6 is 0 Å². The van der Waals surface area contributed by atoms with Gasteiger partial charge in [0.1, 0.15) is 0 Å². The van der Waals surface area contributed by atoms with Gasteiger partial charge in [-0.3, -0.25) is 0 Å². The van der Waals surface area contributed by atoms with Gasteiger partial charge in [0.15, 0.2) is 0 Å². The van der Waals surface area contributed by atoms with Gasteiger partial charge >= 0.3 is 7.12 Å². The Balaban J connectivity index is 1.74. The van der Waals surface area contributed by atoms with Gasteiger partial charge in [-0.2, -0.15) is 5.26 Å². The van der Waals surface area contributed by atoms with Crippen molar-refractivity contribution < 1.29 is 9.31 Å². The summed E-state index contributed by atoms with van der Waals surface area (Å²) in [6.45, 7) is 12.8. The molecule has 0 atom stereocenters. The molecule has 1 aromatic rings. The SMILES string of the molecule is CC1(C)C2=C(CCC(C#N)=C2)c2ccc(B3OC(C)(C)C(C)(C)O3)cc21. The van der Waals surface area contributed by atoms with Crippen LogP contribution < -0.4 is 5.46 Å². The van der Waals surface area contributed by atoms with E-state index in [0.717, 1.165) is 23.9 Å². The van der Waals surface area contributed by atoms with Gasteiger partial charge in [-0.25, -0.2) is 0 Å². The normalized spacial score (nSPS) is 24.8. The Kier molecular flexibility index (Phi) is 3.61. The fourth-order valence-electron chi connectivity index (χ4n) is 4.27. The molecule has 1 aromatic carbocycles. The highest BCUT2D eigenvalue weighted by molar-refractivity contribution is 6.62. The second-order valence-electron chi connectivity index (χ2n) is 9.19. The minimum absolute atomic E-state index is 0.104. The number of rotatable bonds is 1. The van der Waals surface area contributed by atoms with E-state index in [1.807, 2.05) is 0 Å². The highest BCUT2D eigenvalue weighted by Gasteiger charge is 2.52. The molecule has 3 aliphatic rings. The lowest BCUT2D eigenvalue weighted by molar-refractivity contribution is 0.00578. The number of hydrogen-bond donors (Lipinski definition) is 0. The zero-order chi connectivity index (χ0) is 18.9. The lowest BCUT2D eigenvalue weighted by atomic mass is 9.74. The number of nitrogens with zero attached hydrogens (tertiary/aromatic N) is 1. The Morgan fingerprint density at radius 3 is 2.27 bits per heavy atom. The Morgan fingerprint density at radius 1 is 1.00 bits per heavy atom. The van der Waals surface area contributed by atoms with Crippen LogP contribution in [0.4, 0.5) is 0 Å². The minimum Gasteiger partial charge on any atom is -0.399 e. The summed E-state index contributed by atoms with van der Waals surface area (Å²) in [5.74, 6) is 0. The molecular formula is C22H26BNO2. The van der Waals surface area contributed by atoms with Gasteiger partial charge in [0, 0.05) is 11.0 Å². The van der Waals surface area contributed by atoms with Crippen LogP contribution in [0.1, 0.15) is 65.5 Å². The van der Waals surface area contributed by atoms with Crippen LogP contribution in [0.3, 0.4) is 0 Å².